The van der Waals surface area contributed by atoms with E-state index in [1.807, 2.05) is 29.3 Å². The fraction of sp³-hybridized carbons (Fsp3) is 0.450. The molecular weight excluding hydrogens is 431 g/mol. The Bertz CT molecular complexity index is 749. The minimum atomic E-state index is 0. The van der Waals surface area contributed by atoms with Crippen LogP contribution in [0, 0.1) is 5.41 Å². The molecule has 0 aliphatic carbocycles. The lowest BCUT2D eigenvalue weighted by Gasteiger charge is -2.34. The molecule has 0 bridgehead atoms. The van der Waals surface area contributed by atoms with E-state index < -0.39 is 0 Å². The van der Waals surface area contributed by atoms with E-state index >= 15 is 0 Å². The predicted molar refractivity (Wildman–Crippen MR) is 129 cm³/mol. The van der Waals surface area contributed by atoms with Crippen LogP contribution in [0.4, 0.5) is 11.4 Å². The van der Waals surface area contributed by atoms with E-state index in [1.165, 1.54) is 49.5 Å². The van der Waals surface area contributed by atoms with E-state index in [0.717, 1.165) is 29.4 Å². The van der Waals surface area contributed by atoms with Crippen LogP contribution in [0.2, 0.25) is 0 Å². The van der Waals surface area contributed by atoms with Crippen molar-refractivity contribution >= 4 is 65.1 Å². The molecular formula is C20H28Cl2N4S2. The zero-order valence-electron chi connectivity index (χ0n) is 15.9. The number of hydrogen-bond donors (Lipinski definition) is 2. The fourth-order valence-corrected chi connectivity index (χ4v) is 5.38. The van der Waals surface area contributed by atoms with Crippen LogP contribution in [0.15, 0.2) is 40.6 Å². The molecule has 2 aromatic rings. The molecule has 2 N–H and O–H groups in total. The Morgan fingerprint density at radius 3 is 2.61 bits per heavy atom. The second-order valence-corrected chi connectivity index (χ2v) is 8.98. The van der Waals surface area contributed by atoms with Crippen LogP contribution in [-0.4, -0.2) is 49.2 Å². The molecule has 4 nitrogen and oxygen atoms in total. The van der Waals surface area contributed by atoms with E-state index in [9.17, 15) is 0 Å². The summed E-state index contributed by atoms with van der Waals surface area (Å²) in [5.41, 5.74) is 2.36. The highest BCUT2D eigenvalue weighted by atomic mass is 35.5. The summed E-state index contributed by atoms with van der Waals surface area (Å²) in [6, 6.07) is 10.5. The highest BCUT2D eigenvalue weighted by molar-refractivity contribution is 7.99. The summed E-state index contributed by atoms with van der Waals surface area (Å²) in [7, 11) is 0. The largest absolute Gasteiger partial charge is 0.369 e. The van der Waals surface area contributed by atoms with E-state index in [2.05, 4.69) is 33.3 Å². The maximum atomic E-state index is 8.22. The smallest absolute Gasteiger partial charge is 0.140 e. The van der Waals surface area contributed by atoms with Crippen LogP contribution in [-0.2, 0) is 0 Å². The van der Waals surface area contributed by atoms with Crippen molar-refractivity contribution in [1.82, 2.24) is 4.90 Å². The first kappa shape index (κ1) is 23.4. The zero-order chi connectivity index (χ0) is 17.8. The molecule has 0 saturated carbocycles. The molecule has 0 spiro atoms. The summed E-state index contributed by atoms with van der Waals surface area (Å²) in [6.07, 6.45) is 4.12. The number of thiophene rings is 1. The van der Waals surface area contributed by atoms with Gasteiger partial charge in [0.05, 0.1) is 10.6 Å². The topological polar surface area (TPSA) is 42.4 Å². The molecule has 1 aromatic heterocycles. The molecule has 1 fully saturated rings. The summed E-state index contributed by atoms with van der Waals surface area (Å²) in [5.74, 6) is 1.61. The number of rotatable bonds is 5. The van der Waals surface area contributed by atoms with Gasteiger partial charge in [-0.1, -0.05) is 12.5 Å². The number of nitrogens with zero attached hydrogens (tertiary/aromatic N) is 2. The van der Waals surface area contributed by atoms with Crippen molar-refractivity contribution in [3.05, 3.63) is 40.6 Å². The third kappa shape index (κ3) is 5.80. The van der Waals surface area contributed by atoms with Gasteiger partial charge in [0.2, 0.25) is 0 Å². The Labute approximate surface area is 188 Å². The van der Waals surface area contributed by atoms with Crippen molar-refractivity contribution in [2.45, 2.75) is 24.2 Å². The Morgan fingerprint density at radius 2 is 1.86 bits per heavy atom. The summed E-state index contributed by atoms with van der Waals surface area (Å²) in [4.78, 5) is 7.45. The number of halogens is 2. The number of hydrogen-bond acceptors (Lipinski definition) is 5. The summed E-state index contributed by atoms with van der Waals surface area (Å²) < 4.78 is 0. The minimum absolute atomic E-state index is 0. The molecule has 3 heterocycles. The van der Waals surface area contributed by atoms with Gasteiger partial charge in [-0.2, -0.15) is 0 Å². The van der Waals surface area contributed by atoms with Gasteiger partial charge in [0.25, 0.3) is 0 Å². The second kappa shape index (κ2) is 11.3. The SMILES string of the molecule is Cl.Cl.N=C(Nc1ccc2c(c1)SCCN2CCN1CCCCC1)c1cccs1. The maximum absolute atomic E-state index is 8.22. The third-order valence-corrected chi connectivity index (χ3v) is 7.00. The molecule has 0 unspecified atom stereocenters. The van der Waals surface area contributed by atoms with Gasteiger partial charge in [0.15, 0.2) is 0 Å². The van der Waals surface area contributed by atoms with Crippen molar-refractivity contribution in [3.63, 3.8) is 0 Å². The van der Waals surface area contributed by atoms with Crippen LogP contribution in [0.25, 0.3) is 0 Å². The molecule has 1 aromatic carbocycles. The van der Waals surface area contributed by atoms with E-state index in [4.69, 9.17) is 5.41 Å². The minimum Gasteiger partial charge on any atom is -0.369 e. The fourth-order valence-electron chi connectivity index (χ4n) is 3.66. The number of fused-ring (bicyclic) bond motifs is 1. The lowest BCUT2D eigenvalue weighted by atomic mass is 10.1. The second-order valence-electron chi connectivity index (χ2n) is 6.90. The first-order valence-electron chi connectivity index (χ1n) is 9.43. The van der Waals surface area contributed by atoms with Crippen LogP contribution in [0.5, 0.6) is 0 Å². The normalized spacial score (nSPS) is 16.5. The highest BCUT2D eigenvalue weighted by Gasteiger charge is 2.19. The van der Waals surface area contributed by atoms with Gasteiger partial charge >= 0.3 is 0 Å². The molecule has 8 heteroatoms. The van der Waals surface area contributed by atoms with Crippen LogP contribution in [0.3, 0.4) is 0 Å². The number of likely N-dealkylation sites (tertiary alicyclic amines) is 1. The Morgan fingerprint density at radius 1 is 1.04 bits per heavy atom. The maximum Gasteiger partial charge on any atom is 0.140 e. The molecule has 28 heavy (non-hydrogen) atoms. The standard InChI is InChI=1S/C20H26N4S2.2ClH/c21-20(18-5-4-13-25-18)22-16-6-7-17-19(15-16)26-14-12-24(17)11-10-23-8-2-1-3-9-23;;/h4-7,13,15H,1-3,8-12,14H2,(H2,21,22);2*1H. The van der Waals surface area contributed by atoms with E-state index in [0.29, 0.717) is 5.84 Å². The first-order valence-corrected chi connectivity index (χ1v) is 11.3. The Balaban J connectivity index is 0.00000140. The molecule has 1 saturated heterocycles. The summed E-state index contributed by atoms with van der Waals surface area (Å²) >= 11 is 3.52. The summed E-state index contributed by atoms with van der Waals surface area (Å²) in [5, 5.41) is 13.5. The third-order valence-electron chi connectivity index (χ3n) is 5.09. The molecule has 0 amide bonds. The number of nitrogens with one attached hydrogen (secondary N) is 2. The zero-order valence-corrected chi connectivity index (χ0v) is 19.1. The highest BCUT2D eigenvalue weighted by Crippen LogP contribution is 2.36. The van der Waals surface area contributed by atoms with Crippen molar-refractivity contribution in [2.75, 3.05) is 48.7 Å². The molecule has 154 valence electrons. The molecule has 0 atom stereocenters. The Kier molecular flexibility index (Phi) is 9.44. The van der Waals surface area contributed by atoms with Crippen molar-refractivity contribution in [3.8, 4) is 0 Å². The number of piperidine rings is 1. The lowest BCUT2D eigenvalue weighted by Crippen LogP contribution is -2.39. The average molecular weight is 460 g/mol. The first-order chi connectivity index (χ1) is 12.8. The van der Waals surface area contributed by atoms with E-state index in [-0.39, 0.29) is 24.8 Å². The van der Waals surface area contributed by atoms with Crippen LogP contribution in [0.1, 0.15) is 24.1 Å². The van der Waals surface area contributed by atoms with Crippen molar-refractivity contribution in [2.24, 2.45) is 0 Å². The average Bonchev–Trinajstić information content (AvgIpc) is 3.22. The van der Waals surface area contributed by atoms with Crippen LogP contribution >= 0.6 is 47.9 Å². The van der Waals surface area contributed by atoms with Crippen molar-refractivity contribution < 1.29 is 0 Å². The molecule has 2 aliphatic rings. The molecule has 4 rings (SSSR count). The van der Waals surface area contributed by atoms with Gasteiger partial charge in [-0.25, -0.2) is 0 Å². The van der Waals surface area contributed by atoms with Crippen LogP contribution < -0.4 is 10.2 Å². The van der Waals surface area contributed by atoms with Gasteiger partial charge in [-0.05, 0) is 55.6 Å². The monoisotopic (exact) mass is 458 g/mol. The summed E-state index contributed by atoms with van der Waals surface area (Å²) in [6.45, 7) is 5.95. The number of thioether (sulfide) groups is 1. The quantitative estimate of drug-likeness (QED) is 0.462. The van der Waals surface area contributed by atoms with Gasteiger partial charge in [-0.3, -0.25) is 5.41 Å². The Hall–Kier alpha value is -0.920. The van der Waals surface area contributed by atoms with Crippen molar-refractivity contribution in [1.29, 1.82) is 5.41 Å². The van der Waals surface area contributed by atoms with Gasteiger partial charge in [0.1, 0.15) is 5.84 Å². The predicted octanol–water partition coefficient (Wildman–Crippen LogP) is 5.43. The lowest BCUT2D eigenvalue weighted by molar-refractivity contribution is 0.233. The number of anilines is 2. The molecule has 0 radical (unpaired) electrons. The van der Waals surface area contributed by atoms with Gasteiger partial charge in [-0.15, -0.1) is 47.9 Å². The molecule has 2 aliphatic heterocycles. The number of amidine groups is 1. The van der Waals surface area contributed by atoms with Gasteiger partial charge in [0, 0.05) is 36.0 Å². The van der Waals surface area contributed by atoms with E-state index in [1.54, 1.807) is 11.3 Å². The van der Waals surface area contributed by atoms with Gasteiger partial charge < -0.3 is 15.1 Å². The number of benzene rings is 1.